The van der Waals surface area contributed by atoms with Crippen molar-refractivity contribution in [1.29, 1.82) is 0 Å². The van der Waals surface area contributed by atoms with Crippen molar-refractivity contribution in [2.45, 2.75) is 61.6 Å². The molecule has 6 rings (SSSR count). The number of ether oxygens (including phenoxy) is 1. The van der Waals surface area contributed by atoms with Crippen LogP contribution in [0.2, 0.25) is 0 Å². The topological polar surface area (TPSA) is 75.7 Å². The Balaban J connectivity index is 1.34. The van der Waals surface area contributed by atoms with Crippen LogP contribution in [-0.2, 0) is 26.0 Å². The number of nitrogens with zero attached hydrogens (tertiary/aromatic N) is 1. The molecule has 35 heavy (non-hydrogen) atoms. The maximum atomic E-state index is 15.6. The van der Waals surface area contributed by atoms with Gasteiger partial charge >= 0.3 is 0 Å². The highest BCUT2D eigenvalue weighted by atomic mass is 32.2. The molecule has 0 radical (unpaired) electrons. The normalized spacial score (nSPS) is 29.6. The predicted molar refractivity (Wildman–Crippen MR) is 121 cm³/mol. The van der Waals surface area contributed by atoms with Gasteiger partial charge in [-0.2, -0.15) is 0 Å². The summed E-state index contributed by atoms with van der Waals surface area (Å²) in [6.07, 6.45) is 2.04. The summed E-state index contributed by atoms with van der Waals surface area (Å²) in [5.41, 5.74) is 0.360. The maximum absolute atomic E-state index is 15.6. The van der Waals surface area contributed by atoms with Gasteiger partial charge in [0.15, 0.2) is 0 Å². The van der Waals surface area contributed by atoms with E-state index >= 15 is 4.39 Å². The molecule has 0 aromatic heterocycles. The summed E-state index contributed by atoms with van der Waals surface area (Å²) in [6, 6.07) is 6.23. The van der Waals surface area contributed by atoms with Crippen LogP contribution >= 0.6 is 0 Å². The van der Waals surface area contributed by atoms with Crippen LogP contribution in [0.5, 0.6) is 0 Å². The molecule has 2 heterocycles. The number of amides is 1. The Bertz CT molecular complexity index is 1280. The number of carbonyl (C=O) groups is 1. The van der Waals surface area contributed by atoms with Gasteiger partial charge < -0.3 is 9.64 Å². The number of hydrogen-bond acceptors (Lipinski definition) is 4. The molecule has 4 fully saturated rings. The van der Waals surface area contributed by atoms with Crippen molar-refractivity contribution in [1.82, 2.24) is 9.62 Å². The molecule has 2 aliphatic heterocycles. The van der Waals surface area contributed by atoms with Gasteiger partial charge in [0.25, 0.3) is 5.91 Å². The van der Waals surface area contributed by atoms with Crippen LogP contribution in [0, 0.1) is 23.4 Å². The van der Waals surface area contributed by atoms with Gasteiger partial charge in [0, 0.05) is 30.1 Å². The van der Waals surface area contributed by atoms with Gasteiger partial charge in [0.1, 0.15) is 23.6 Å². The third kappa shape index (κ3) is 4.15. The number of carbonyl (C=O) groups excluding carboxylic acids is 1. The second kappa shape index (κ2) is 8.31. The van der Waals surface area contributed by atoms with E-state index in [1.54, 1.807) is 17.0 Å². The zero-order valence-corrected chi connectivity index (χ0v) is 19.6. The summed E-state index contributed by atoms with van der Waals surface area (Å²) in [4.78, 5) is 14.9. The Morgan fingerprint density at radius 2 is 1.80 bits per heavy atom. The molecule has 2 aromatic rings. The highest BCUT2D eigenvalue weighted by Crippen LogP contribution is 2.50. The van der Waals surface area contributed by atoms with E-state index in [0.717, 1.165) is 18.2 Å². The van der Waals surface area contributed by atoms with E-state index < -0.39 is 50.9 Å². The summed E-state index contributed by atoms with van der Waals surface area (Å²) in [6.45, 7) is 0.502. The Morgan fingerprint density at radius 3 is 2.43 bits per heavy atom. The Labute approximate surface area is 201 Å². The standard InChI is InChI=1S/C25H25F3N2O4S/c26-15-8-14(9-16(27)11-15)18-3-1-2-13(23(18)28)10-21-24(29-35(32,33)17-4-5-17)19-12-20(19)30(21)25(31)22-6-7-34-22/h1-3,8-9,11,17,19-22,24,29H,4-7,10,12H2/t19-,20+,21+,22-,24+/m1/s1. The minimum absolute atomic E-state index is 0.0267. The lowest BCUT2D eigenvalue weighted by molar-refractivity contribution is -0.158. The second-order valence-electron chi connectivity index (χ2n) is 9.96. The van der Waals surface area contributed by atoms with Crippen molar-refractivity contribution in [3.8, 4) is 11.1 Å². The lowest BCUT2D eigenvalue weighted by Gasteiger charge is -2.37. The fraction of sp³-hybridized carbons (Fsp3) is 0.480. The molecule has 2 saturated heterocycles. The molecule has 1 N–H and O–H groups in total. The van der Waals surface area contributed by atoms with Gasteiger partial charge in [-0.1, -0.05) is 18.2 Å². The fourth-order valence-corrected chi connectivity index (χ4v) is 7.14. The lowest BCUT2D eigenvalue weighted by Crippen LogP contribution is -2.55. The number of benzene rings is 2. The quantitative estimate of drug-likeness (QED) is 0.626. The number of sulfonamides is 1. The van der Waals surface area contributed by atoms with E-state index in [0.29, 0.717) is 32.3 Å². The predicted octanol–water partition coefficient (Wildman–Crippen LogP) is 3.15. The molecule has 0 unspecified atom stereocenters. The van der Waals surface area contributed by atoms with Gasteiger partial charge in [-0.3, -0.25) is 4.79 Å². The van der Waals surface area contributed by atoms with E-state index in [-0.39, 0.29) is 41.0 Å². The van der Waals surface area contributed by atoms with E-state index in [1.165, 1.54) is 6.07 Å². The summed E-state index contributed by atoms with van der Waals surface area (Å²) < 4.78 is 77.0. The molecular weight excluding hydrogens is 481 g/mol. The first kappa shape index (κ1) is 23.0. The largest absolute Gasteiger partial charge is 0.368 e. The Kier molecular flexibility index (Phi) is 5.46. The second-order valence-corrected chi connectivity index (χ2v) is 11.9. The Hall–Kier alpha value is -2.43. The molecule has 6 nitrogen and oxygen atoms in total. The minimum Gasteiger partial charge on any atom is -0.368 e. The van der Waals surface area contributed by atoms with Crippen molar-refractivity contribution in [2.75, 3.05) is 6.61 Å². The summed E-state index contributed by atoms with van der Waals surface area (Å²) >= 11 is 0. The van der Waals surface area contributed by atoms with Gasteiger partial charge in [0.2, 0.25) is 10.0 Å². The molecular formula is C25H25F3N2O4S. The molecule has 10 heteroatoms. The van der Waals surface area contributed by atoms with Crippen molar-refractivity contribution >= 4 is 15.9 Å². The van der Waals surface area contributed by atoms with Crippen molar-refractivity contribution in [3.05, 3.63) is 59.4 Å². The first-order valence-corrected chi connectivity index (χ1v) is 13.5. The molecule has 2 aromatic carbocycles. The van der Waals surface area contributed by atoms with E-state index in [2.05, 4.69) is 4.72 Å². The maximum Gasteiger partial charge on any atom is 0.252 e. The number of likely N-dealkylation sites (tertiary alicyclic amines) is 1. The van der Waals surface area contributed by atoms with E-state index in [1.807, 2.05) is 0 Å². The van der Waals surface area contributed by atoms with Gasteiger partial charge in [-0.25, -0.2) is 26.3 Å². The first-order chi connectivity index (χ1) is 16.7. The minimum atomic E-state index is -3.53. The first-order valence-electron chi connectivity index (χ1n) is 11.9. The number of rotatable bonds is 7. The monoisotopic (exact) mass is 506 g/mol. The molecule has 2 saturated carbocycles. The lowest BCUT2D eigenvalue weighted by atomic mass is 9.94. The number of fused-ring (bicyclic) bond motifs is 1. The van der Waals surface area contributed by atoms with Crippen LogP contribution in [0.3, 0.4) is 0 Å². The van der Waals surface area contributed by atoms with Crippen LogP contribution in [0.25, 0.3) is 11.1 Å². The van der Waals surface area contributed by atoms with E-state index in [9.17, 15) is 22.0 Å². The zero-order chi connectivity index (χ0) is 24.5. The number of nitrogens with one attached hydrogen (secondary N) is 1. The van der Waals surface area contributed by atoms with Gasteiger partial charge in [0.05, 0.1) is 17.9 Å². The molecule has 1 amide bonds. The van der Waals surface area contributed by atoms with Gasteiger partial charge in [-0.15, -0.1) is 0 Å². The third-order valence-electron chi connectivity index (χ3n) is 7.57. The SMILES string of the molecule is O=C([C@H]1CCO1)N1[C@H]2C[C@H]2[C@H](NS(=O)(=O)C2CC2)[C@@H]1Cc1cccc(-c2cc(F)cc(F)c2)c1F. The highest BCUT2D eigenvalue weighted by Gasteiger charge is 2.62. The molecule has 186 valence electrons. The molecule has 0 bridgehead atoms. The molecule has 0 spiro atoms. The van der Waals surface area contributed by atoms with Crippen LogP contribution in [0.4, 0.5) is 13.2 Å². The number of piperidine rings is 1. The zero-order valence-electron chi connectivity index (χ0n) is 18.8. The Morgan fingerprint density at radius 1 is 1.09 bits per heavy atom. The highest BCUT2D eigenvalue weighted by molar-refractivity contribution is 7.90. The average molecular weight is 507 g/mol. The smallest absolute Gasteiger partial charge is 0.252 e. The van der Waals surface area contributed by atoms with Crippen LogP contribution in [0.15, 0.2) is 36.4 Å². The van der Waals surface area contributed by atoms with E-state index in [4.69, 9.17) is 4.74 Å². The van der Waals surface area contributed by atoms with Gasteiger partial charge in [-0.05, 0) is 54.9 Å². The number of hydrogen-bond donors (Lipinski definition) is 1. The van der Waals surface area contributed by atoms with Crippen LogP contribution in [-0.4, -0.2) is 55.3 Å². The van der Waals surface area contributed by atoms with Crippen molar-refractivity contribution in [2.24, 2.45) is 5.92 Å². The molecule has 4 aliphatic rings. The molecule has 2 aliphatic carbocycles. The van der Waals surface area contributed by atoms with Crippen molar-refractivity contribution < 1.29 is 31.1 Å². The van der Waals surface area contributed by atoms with Crippen LogP contribution in [0.1, 0.15) is 31.2 Å². The van der Waals surface area contributed by atoms with Crippen molar-refractivity contribution in [3.63, 3.8) is 0 Å². The number of halogens is 3. The summed E-state index contributed by atoms with van der Waals surface area (Å²) in [5.74, 6) is -2.49. The summed E-state index contributed by atoms with van der Waals surface area (Å²) in [5, 5.41) is -0.414. The summed E-state index contributed by atoms with van der Waals surface area (Å²) in [7, 11) is -3.53. The fourth-order valence-electron chi connectivity index (χ4n) is 5.48. The average Bonchev–Trinajstić information content (AvgIpc) is 3.65. The third-order valence-corrected chi connectivity index (χ3v) is 9.52. The van der Waals surface area contributed by atoms with Crippen LogP contribution < -0.4 is 4.72 Å². The molecule has 5 atom stereocenters.